The molecule has 0 unspecified atom stereocenters. The van der Waals surface area contributed by atoms with Crippen molar-refractivity contribution in [3.8, 4) is 11.3 Å². The molecule has 1 amide bonds. The molecule has 0 saturated carbocycles. The Bertz CT molecular complexity index is 1100. The van der Waals surface area contributed by atoms with Crippen LogP contribution in [0.3, 0.4) is 0 Å². The number of nitrogens with one attached hydrogen (secondary N) is 1. The van der Waals surface area contributed by atoms with Gasteiger partial charge in [0.2, 0.25) is 0 Å². The van der Waals surface area contributed by atoms with Gasteiger partial charge >= 0.3 is 0 Å². The van der Waals surface area contributed by atoms with Gasteiger partial charge < -0.3 is 9.88 Å². The zero-order chi connectivity index (χ0) is 18.1. The third kappa shape index (κ3) is 2.95. The lowest BCUT2D eigenvalue weighted by Crippen LogP contribution is -2.11. The number of carbonyl (C=O) groups is 1. The molecule has 0 fully saturated rings. The molecule has 1 N–H and O–H groups in total. The zero-order valence-electron chi connectivity index (χ0n) is 14.1. The second-order valence-electron chi connectivity index (χ2n) is 6.07. The van der Waals surface area contributed by atoms with Crippen molar-refractivity contribution in [3.63, 3.8) is 0 Å². The maximum atomic E-state index is 13.8. The second kappa shape index (κ2) is 6.44. The number of hydrogen-bond acceptors (Lipinski definition) is 2. The Balaban J connectivity index is 1.55. The fourth-order valence-corrected chi connectivity index (χ4v) is 2.94. The minimum absolute atomic E-state index is 0.215. The molecule has 26 heavy (non-hydrogen) atoms. The molecular weight excluding hydrogens is 329 g/mol. The first-order valence-corrected chi connectivity index (χ1v) is 8.19. The van der Waals surface area contributed by atoms with Crippen molar-refractivity contribution in [2.45, 2.75) is 0 Å². The molecule has 4 nitrogen and oxygen atoms in total. The zero-order valence-corrected chi connectivity index (χ0v) is 14.1. The summed E-state index contributed by atoms with van der Waals surface area (Å²) in [7, 11) is 1.98. The van der Waals surface area contributed by atoms with Gasteiger partial charge in [0, 0.05) is 47.2 Å². The molecule has 0 atom stereocenters. The monoisotopic (exact) mass is 345 g/mol. The summed E-state index contributed by atoms with van der Waals surface area (Å²) in [6, 6.07) is 17.4. The Morgan fingerprint density at radius 2 is 1.88 bits per heavy atom. The van der Waals surface area contributed by atoms with Gasteiger partial charge in [-0.1, -0.05) is 12.1 Å². The number of fused-ring (bicyclic) bond motifs is 1. The Morgan fingerprint density at radius 3 is 2.65 bits per heavy atom. The molecule has 2 aromatic carbocycles. The van der Waals surface area contributed by atoms with Crippen LogP contribution in [0.1, 0.15) is 10.4 Å². The summed E-state index contributed by atoms with van der Waals surface area (Å²) < 4.78 is 15.8. The number of benzene rings is 2. The molecule has 4 aromatic rings. The van der Waals surface area contributed by atoms with Crippen LogP contribution < -0.4 is 5.32 Å². The lowest BCUT2D eigenvalue weighted by Gasteiger charge is -2.07. The fourth-order valence-electron chi connectivity index (χ4n) is 2.94. The standard InChI is InChI=1S/C21H16FN3O/c1-25-12-10-16-13-17(8-9-19(16)25)24-21(26)15-6-4-14(5-7-15)20-18(22)3-2-11-23-20/h2-13H,1H3,(H,24,26). The molecule has 0 aliphatic rings. The van der Waals surface area contributed by atoms with E-state index in [0.717, 1.165) is 16.6 Å². The number of amides is 1. The lowest BCUT2D eigenvalue weighted by atomic mass is 10.1. The summed E-state index contributed by atoms with van der Waals surface area (Å²) in [5.41, 5.74) is 3.23. The van der Waals surface area contributed by atoms with Crippen molar-refractivity contribution in [2.24, 2.45) is 7.05 Å². The number of halogens is 1. The third-order valence-electron chi connectivity index (χ3n) is 4.32. The van der Waals surface area contributed by atoms with Crippen molar-refractivity contribution in [1.29, 1.82) is 0 Å². The van der Waals surface area contributed by atoms with Crippen LogP contribution in [0, 0.1) is 5.82 Å². The van der Waals surface area contributed by atoms with Gasteiger partial charge in [0.15, 0.2) is 0 Å². The third-order valence-corrected chi connectivity index (χ3v) is 4.32. The minimum Gasteiger partial charge on any atom is -0.351 e. The highest BCUT2D eigenvalue weighted by Crippen LogP contribution is 2.22. The molecule has 0 aliphatic heterocycles. The van der Waals surface area contributed by atoms with E-state index < -0.39 is 0 Å². The molecule has 128 valence electrons. The number of hydrogen-bond donors (Lipinski definition) is 1. The molecule has 2 aromatic heterocycles. The second-order valence-corrected chi connectivity index (χ2v) is 6.07. The molecule has 0 bridgehead atoms. The van der Waals surface area contributed by atoms with Crippen molar-refractivity contribution in [3.05, 3.63) is 84.4 Å². The van der Waals surface area contributed by atoms with E-state index in [2.05, 4.69) is 10.3 Å². The highest BCUT2D eigenvalue weighted by Gasteiger charge is 2.10. The molecule has 2 heterocycles. The number of anilines is 1. The summed E-state index contributed by atoms with van der Waals surface area (Å²) in [5, 5.41) is 3.95. The predicted octanol–water partition coefficient (Wildman–Crippen LogP) is 4.63. The normalized spacial score (nSPS) is 10.8. The number of aromatic nitrogens is 2. The number of pyridine rings is 1. The van der Waals surface area contributed by atoms with Crippen LogP contribution in [0.4, 0.5) is 10.1 Å². The average molecular weight is 345 g/mol. The van der Waals surface area contributed by atoms with E-state index >= 15 is 0 Å². The number of carbonyl (C=O) groups excluding carboxylic acids is 1. The van der Waals surface area contributed by atoms with Crippen LogP contribution in [0.25, 0.3) is 22.2 Å². The highest BCUT2D eigenvalue weighted by molar-refractivity contribution is 6.05. The van der Waals surface area contributed by atoms with Gasteiger partial charge in [-0.2, -0.15) is 0 Å². The van der Waals surface area contributed by atoms with Crippen LogP contribution in [-0.4, -0.2) is 15.5 Å². The van der Waals surface area contributed by atoms with Crippen LogP contribution in [0.15, 0.2) is 73.1 Å². The van der Waals surface area contributed by atoms with Gasteiger partial charge in [0.05, 0.1) is 0 Å². The number of nitrogens with zero attached hydrogens (tertiary/aromatic N) is 2. The smallest absolute Gasteiger partial charge is 0.255 e. The first-order chi connectivity index (χ1) is 12.6. The lowest BCUT2D eigenvalue weighted by molar-refractivity contribution is 0.102. The van der Waals surface area contributed by atoms with Crippen molar-refractivity contribution < 1.29 is 9.18 Å². The Hall–Kier alpha value is -3.47. The fraction of sp³-hybridized carbons (Fsp3) is 0.0476. The van der Waals surface area contributed by atoms with Gasteiger partial charge in [-0.15, -0.1) is 0 Å². The van der Waals surface area contributed by atoms with Gasteiger partial charge in [-0.05, 0) is 48.5 Å². The van der Waals surface area contributed by atoms with Crippen LogP contribution in [-0.2, 0) is 7.05 Å². The molecule has 0 saturated heterocycles. The van der Waals surface area contributed by atoms with E-state index in [0.29, 0.717) is 11.1 Å². The quantitative estimate of drug-likeness (QED) is 0.588. The molecular formula is C21H16FN3O. The highest BCUT2D eigenvalue weighted by atomic mass is 19.1. The summed E-state index contributed by atoms with van der Waals surface area (Å²) >= 11 is 0. The molecule has 5 heteroatoms. The average Bonchev–Trinajstić information content (AvgIpc) is 3.03. The van der Waals surface area contributed by atoms with E-state index in [1.54, 1.807) is 36.5 Å². The maximum Gasteiger partial charge on any atom is 0.255 e. The van der Waals surface area contributed by atoms with E-state index in [1.807, 2.05) is 42.1 Å². The number of rotatable bonds is 3. The van der Waals surface area contributed by atoms with Gasteiger partial charge in [0.1, 0.15) is 11.5 Å². The van der Waals surface area contributed by atoms with Crippen molar-refractivity contribution in [2.75, 3.05) is 5.32 Å². The SMILES string of the molecule is Cn1ccc2cc(NC(=O)c3ccc(-c4ncccc4F)cc3)ccc21. The van der Waals surface area contributed by atoms with Gasteiger partial charge in [-0.3, -0.25) is 9.78 Å². The van der Waals surface area contributed by atoms with E-state index in [-0.39, 0.29) is 17.4 Å². The summed E-state index contributed by atoms with van der Waals surface area (Å²) in [5.74, 6) is -0.603. The Kier molecular flexibility index (Phi) is 3.97. The first kappa shape index (κ1) is 16.0. The molecule has 0 radical (unpaired) electrons. The number of aryl methyl sites for hydroxylation is 1. The minimum atomic E-state index is -0.388. The first-order valence-electron chi connectivity index (χ1n) is 8.19. The molecule has 0 aliphatic carbocycles. The van der Waals surface area contributed by atoms with Gasteiger partial charge in [0.25, 0.3) is 5.91 Å². The Labute approximate surface area is 149 Å². The van der Waals surface area contributed by atoms with Gasteiger partial charge in [-0.25, -0.2) is 4.39 Å². The molecule has 4 rings (SSSR count). The van der Waals surface area contributed by atoms with E-state index in [1.165, 1.54) is 6.07 Å². The Morgan fingerprint density at radius 1 is 1.08 bits per heavy atom. The van der Waals surface area contributed by atoms with Crippen molar-refractivity contribution in [1.82, 2.24) is 9.55 Å². The maximum absolute atomic E-state index is 13.8. The molecule has 0 spiro atoms. The van der Waals surface area contributed by atoms with Crippen molar-refractivity contribution >= 4 is 22.5 Å². The summed E-state index contributed by atoms with van der Waals surface area (Å²) in [6.45, 7) is 0. The van der Waals surface area contributed by atoms with Crippen LogP contribution in [0.5, 0.6) is 0 Å². The summed E-state index contributed by atoms with van der Waals surface area (Å²) in [4.78, 5) is 16.5. The topological polar surface area (TPSA) is 46.9 Å². The summed E-state index contributed by atoms with van der Waals surface area (Å²) in [6.07, 6.45) is 3.52. The largest absolute Gasteiger partial charge is 0.351 e. The van der Waals surface area contributed by atoms with E-state index in [4.69, 9.17) is 0 Å². The van der Waals surface area contributed by atoms with Crippen LogP contribution >= 0.6 is 0 Å². The van der Waals surface area contributed by atoms with Crippen LogP contribution in [0.2, 0.25) is 0 Å². The predicted molar refractivity (Wildman–Crippen MR) is 101 cm³/mol. The van der Waals surface area contributed by atoms with E-state index in [9.17, 15) is 9.18 Å².